The topological polar surface area (TPSA) is 32.8 Å². The summed E-state index contributed by atoms with van der Waals surface area (Å²) in [6.45, 7) is 10.0. The Morgan fingerprint density at radius 1 is 1.04 bits per heavy atom. The summed E-state index contributed by atoms with van der Waals surface area (Å²) in [5, 5.41) is 0. The van der Waals surface area contributed by atoms with Crippen LogP contribution in [0.2, 0.25) is 0 Å². The van der Waals surface area contributed by atoms with Crippen LogP contribution < -0.4 is 9.64 Å². The van der Waals surface area contributed by atoms with Crippen LogP contribution in [0.5, 0.6) is 5.75 Å². The summed E-state index contributed by atoms with van der Waals surface area (Å²) in [6, 6.07) is 14.3. The van der Waals surface area contributed by atoms with Gasteiger partial charge in [-0.25, -0.2) is 0 Å². The number of aryl methyl sites for hydroxylation is 1. The molecular formula is C23H30N2O2. The van der Waals surface area contributed by atoms with Gasteiger partial charge in [-0.05, 0) is 41.7 Å². The van der Waals surface area contributed by atoms with Gasteiger partial charge in [0, 0.05) is 31.9 Å². The molecule has 1 aliphatic rings. The second-order valence-corrected chi connectivity index (χ2v) is 7.56. The van der Waals surface area contributed by atoms with Crippen molar-refractivity contribution in [2.24, 2.45) is 0 Å². The van der Waals surface area contributed by atoms with Crippen LogP contribution in [0.3, 0.4) is 0 Å². The van der Waals surface area contributed by atoms with E-state index < -0.39 is 0 Å². The van der Waals surface area contributed by atoms with Gasteiger partial charge in [-0.3, -0.25) is 4.79 Å². The smallest absolute Gasteiger partial charge is 0.227 e. The van der Waals surface area contributed by atoms with E-state index in [1.807, 2.05) is 29.2 Å². The van der Waals surface area contributed by atoms with Gasteiger partial charge < -0.3 is 14.5 Å². The molecule has 144 valence electrons. The zero-order valence-corrected chi connectivity index (χ0v) is 16.9. The summed E-state index contributed by atoms with van der Waals surface area (Å²) in [7, 11) is 1.65. The first-order valence-corrected chi connectivity index (χ1v) is 9.74. The molecule has 0 unspecified atom stereocenters. The van der Waals surface area contributed by atoms with Gasteiger partial charge in [0.05, 0.1) is 13.5 Å². The fourth-order valence-electron chi connectivity index (χ4n) is 3.79. The molecule has 1 saturated heterocycles. The molecule has 3 rings (SSSR count). The molecule has 0 bridgehead atoms. The number of carbonyl (C=O) groups is 1. The second-order valence-electron chi connectivity index (χ2n) is 7.56. The number of nitrogens with zero attached hydrogens (tertiary/aromatic N) is 2. The number of ether oxygens (including phenoxy) is 1. The van der Waals surface area contributed by atoms with Gasteiger partial charge in [-0.2, -0.15) is 0 Å². The van der Waals surface area contributed by atoms with Crippen LogP contribution in [0.15, 0.2) is 42.5 Å². The van der Waals surface area contributed by atoms with E-state index in [4.69, 9.17) is 4.74 Å². The largest absolute Gasteiger partial charge is 0.497 e. The lowest BCUT2D eigenvalue weighted by atomic mass is 9.97. The highest BCUT2D eigenvalue weighted by Gasteiger charge is 2.24. The lowest BCUT2D eigenvalue weighted by Crippen LogP contribution is -2.49. The molecule has 0 spiro atoms. The van der Waals surface area contributed by atoms with Crippen molar-refractivity contribution in [1.82, 2.24) is 4.90 Å². The van der Waals surface area contributed by atoms with Gasteiger partial charge in [-0.15, -0.1) is 0 Å². The fourth-order valence-corrected chi connectivity index (χ4v) is 3.79. The monoisotopic (exact) mass is 366 g/mol. The minimum absolute atomic E-state index is 0.202. The van der Waals surface area contributed by atoms with E-state index in [1.54, 1.807) is 7.11 Å². The van der Waals surface area contributed by atoms with Crippen LogP contribution in [0.25, 0.3) is 0 Å². The van der Waals surface area contributed by atoms with E-state index in [2.05, 4.69) is 43.9 Å². The maximum atomic E-state index is 12.7. The van der Waals surface area contributed by atoms with E-state index in [0.717, 1.165) is 37.5 Å². The molecule has 1 heterocycles. The number of piperazine rings is 1. The van der Waals surface area contributed by atoms with Gasteiger partial charge in [0.25, 0.3) is 0 Å². The Morgan fingerprint density at radius 2 is 1.70 bits per heavy atom. The predicted molar refractivity (Wildman–Crippen MR) is 111 cm³/mol. The molecule has 0 atom stereocenters. The second kappa shape index (κ2) is 8.47. The van der Waals surface area contributed by atoms with E-state index in [1.165, 1.54) is 16.8 Å². The molecule has 0 saturated carbocycles. The Hall–Kier alpha value is -2.49. The Kier molecular flexibility index (Phi) is 6.04. The highest BCUT2D eigenvalue weighted by atomic mass is 16.5. The zero-order valence-electron chi connectivity index (χ0n) is 16.9. The Balaban J connectivity index is 1.62. The van der Waals surface area contributed by atoms with E-state index >= 15 is 0 Å². The summed E-state index contributed by atoms with van der Waals surface area (Å²) in [5.41, 5.74) is 5.10. The average Bonchev–Trinajstić information content (AvgIpc) is 2.68. The molecule has 4 nitrogen and oxygen atoms in total. The number of hydrogen-bond donors (Lipinski definition) is 0. The molecule has 1 aliphatic heterocycles. The SMILES string of the molecule is COc1ccc(CC(=O)N2CCN(c3c(C)cccc3C(C)C)CC2)cc1. The van der Waals surface area contributed by atoms with Crippen molar-refractivity contribution in [3.63, 3.8) is 0 Å². The molecule has 2 aromatic carbocycles. The molecule has 2 aromatic rings. The summed E-state index contributed by atoms with van der Waals surface area (Å²) in [6.07, 6.45) is 0.450. The first-order valence-electron chi connectivity index (χ1n) is 9.74. The molecule has 0 radical (unpaired) electrons. The lowest BCUT2D eigenvalue weighted by Gasteiger charge is -2.38. The van der Waals surface area contributed by atoms with Crippen LogP contribution in [-0.2, 0) is 11.2 Å². The number of hydrogen-bond acceptors (Lipinski definition) is 3. The molecule has 0 aliphatic carbocycles. The van der Waals surface area contributed by atoms with Crippen molar-refractivity contribution < 1.29 is 9.53 Å². The average molecular weight is 367 g/mol. The number of rotatable bonds is 5. The Morgan fingerprint density at radius 3 is 2.30 bits per heavy atom. The van der Waals surface area contributed by atoms with Crippen molar-refractivity contribution >= 4 is 11.6 Å². The minimum Gasteiger partial charge on any atom is -0.497 e. The molecule has 1 amide bonds. The number of anilines is 1. The number of para-hydroxylation sites is 1. The standard InChI is InChI=1S/C23H30N2O2/c1-17(2)21-7-5-6-18(3)23(21)25-14-12-24(13-15-25)22(26)16-19-8-10-20(27-4)11-9-19/h5-11,17H,12-16H2,1-4H3. The van der Waals surface area contributed by atoms with Crippen molar-refractivity contribution in [2.75, 3.05) is 38.2 Å². The van der Waals surface area contributed by atoms with Gasteiger partial charge in [-0.1, -0.05) is 44.2 Å². The van der Waals surface area contributed by atoms with Crippen LogP contribution in [-0.4, -0.2) is 44.1 Å². The summed E-state index contributed by atoms with van der Waals surface area (Å²) in [4.78, 5) is 17.1. The van der Waals surface area contributed by atoms with Crippen molar-refractivity contribution in [3.8, 4) is 5.75 Å². The predicted octanol–water partition coefficient (Wildman–Crippen LogP) is 4.02. The van der Waals surface area contributed by atoms with Crippen LogP contribution in [0.4, 0.5) is 5.69 Å². The van der Waals surface area contributed by atoms with Gasteiger partial charge in [0.1, 0.15) is 5.75 Å². The summed E-state index contributed by atoms with van der Waals surface area (Å²) >= 11 is 0. The zero-order chi connectivity index (χ0) is 19.4. The maximum Gasteiger partial charge on any atom is 0.227 e. The van der Waals surface area contributed by atoms with E-state index in [0.29, 0.717) is 12.3 Å². The van der Waals surface area contributed by atoms with Crippen LogP contribution in [0, 0.1) is 6.92 Å². The molecular weight excluding hydrogens is 336 g/mol. The number of benzene rings is 2. The third-order valence-electron chi connectivity index (χ3n) is 5.35. The minimum atomic E-state index is 0.202. The first-order chi connectivity index (χ1) is 13.0. The molecule has 0 aromatic heterocycles. The summed E-state index contributed by atoms with van der Waals surface area (Å²) in [5.74, 6) is 1.52. The Bertz CT molecular complexity index is 775. The third-order valence-corrected chi connectivity index (χ3v) is 5.35. The third kappa shape index (κ3) is 4.44. The molecule has 1 fully saturated rings. The molecule has 27 heavy (non-hydrogen) atoms. The molecule has 0 N–H and O–H groups in total. The lowest BCUT2D eigenvalue weighted by molar-refractivity contribution is -0.130. The van der Waals surface area contributed by atoms with Gasteiger partial charge in [0.15, 0.2) is 0 Å². The van der Waals surface area contributed by atoms with Gasteiger partial charge in [0.2, 0.25) is 5.91 Å². The van der Waals surface area contributed by atoms with Crippen LogP contribution >= 0.6 is 0 Å². The highest BCUT2D eigenvalue weighted by Crippen LogP contribution is 2.31. The van der Waals surface area contributed by atoms with Crippen LogP contribution in [0.1, 0.15) is 36.5 Å². The van der Waals surface area contributed by atoms with E-state index in [-0.39, 0.29) is 5.91 Å². The quantitative estimate of drug-likeness (QED) is 0.801. The number of amides is 1. The molecule has 4 heteroatoms. The normalized spacial score (nSPS) is 14.6. The van der Waals surface area contributed by atoms with Crippen molar-refractivity contribution in [2.45, 2.75) is 33.1 Å². The first kappa shape index (κ1) is 19.3. The van der Waals surface area contributed by atoms with Gasteiger partial charge >= 0.3 is 0 Å². The summed E-state index contributed by atoms with van der Waals surface area (Å²) < 4.78 is 5.18. The Labute approximate surface area is 162 Å². The van der Waals surface area contributed by atoms with E-state index in [9.17, 15) is 4.79 Å². The highest BCUT2D eigenvalue weighted by molar-refractivity contribution is 5.79. The fraction of sp³-hybridized carbons (Fsp3) is 0.435. The number of methoxy groups -OCH3 is 1. The number of carbonyl (C=O) groups excluding carboxylic acids is 1. The van der Waals surface area contributed by atoms with Crippen molar-refractivity contribution in [3.05, 3.63) is 59.2 Å². The van der Waals surface area contributed by atoms with Crippen molar-refractivity contribution in [1.29, 1.82) is 0 Å². The maximum absolute atomic E-state index is 12.7.